The van der Waals surface area contributed by atoms with E-state index in [0.717, 1.165) is 19.4 Å². The van der Waals surface area contributed by atoms with Crippen molar-refractivity contribution >= 4 is 5.78 Å². The van der Waals surface area contributed by atoms with Gasteiger partial charge in [-0.1, -0.05) is 6.92 Å². The van der Waals surface area contributed by atoms with E-state index in [9.17, 15) is 4.79 Å². The summed E-state index contributed by atoms with van der Waals surface area (Å²) in [6.07, 6.45) is 4.35. The van der Waals surface area contributed by atoms with E-state index in [1.807, 2.05) is 6.92 Å². The average molecular weight is 186 g/mol. The van der Waals surface area contributed by atoms with Crippen LogP contribution in [0.4, 0.5) is 0 Å². The summed E-state index contributed by atoms with van der Waals surface area (Å²) in [5.74, 6) is 0.260. The molecule has 1 rings (SSSR count). The quantitative estimate of drug-likeness (QED) is 0.657. The molecule has 0 aromatic heterocycles. The minimum absolute atomic E-state index is 0.0570. The number of hydrogen-bond acceptors (Lipinski definition) is 3. The SMILES string of the molecule is CCC(=O)CCOC1CCCCO1. The number of hydrogen-bond donors (Lipinski definition) is 0. The zero-order valence-electron chi connectivity index (χ0n) is 8.25. The second-order valence-electron chi connectivity index (χ2n) is 3.31. The van der Waals surface area contributed by atoms with Crippen molar-refractivity contribution in [3.05, 3.63) is 0 Å². The Morgan fingerprint density at radius 1 is 1.54 bits per heavy atom. The summed E-state index contributed by atoms with van der Waals surface area (Å²) in [6, 6.07) is 0. The third-order valence-corrected chi connectivity index (χ3v) is 2.22. The lowest BCUT2D eigenvalue weighted by atomic mass is 10.2. The molecule has 1 atom stereocenters. The highest BCUT2D eigenvalue weighted by atomic mass is 16.7. The molecule has 1 unspecified atom stereocenters. The van der Waals surface area contributed by atoms with E-state index >= 15 is 0 Å². The van der Waals surface area contributed by atoms with E-state index in [0.29, 0.717) is 19.4 Å². The van der Waals surface area contributed by atoms with Crippen LogP contribution in [-0.2, 0) is 14.3 Å². The summed E-state index contributed by atoms with van der Waals surface area (Å²) in [5, 5.41) is 0. The fourth-order valence-corrected chi connectivity index (χ4v) is 1.32. The maximum absolute atomic E-state index is 10.9. The van der Waals surface area contributed by atoms with Crippen molar-refractivity contribution < 1.29 is 14.3 Å². The number of carbonyl (C=O) groups excluding carboxylic acids is 1. The van der Waals surface area contributed by atoms with Crippen LogP contribution in [0.1, 0.15) is 39.0 Å². The molecule has 0 amide bonds. The molecule has 3 heteroatoms. The smallest absolute Gasteiger partial charge is 0.157 e. The molecule has 0 bridgehead atoms. The first-order valence-corrected chi connectivity index (χ1v) is 5.08. The van der Waals surface area contributed by atoms with Gasteiger partial charge in [0.25, 0.3) is 0 Å². The van der Waals surface area contributed by atoms with Gasteiger partial charge < -0.3 is 9.47 Å². The lowest BCUT2D eigenvalue weighted by Gasteiger charge is -2.22. The molecular formula is C10H18O3. The van der Waals surface area contributed by atoms with Crippen LogP contribution in [0.15, 0.2) is 0 Å². The Labute approximate surface area is 79.4 Å². The van der Waals surface area contributed by atoms with Crippen molar-refractivity contribution in [2.24, 2.45) is 0 Å². The molecule has 0 radical (unpaired) electrons. The van der Waals surface area contributed by atoms with Gasteiger partial charge in [0.15, 0.2) is 6.29 Å². The van der Waals surface area contributed by atoms with E-state index in [1.54, 1.807) is 0 Å². The second kappa shape index (κ2) is 6.11. The Balaban J connectivity index is 2.01. The molecule has 1 aliphatic rings. The van der Waals surface area contributed by atoms with E-state index < -0.39 is 0 Å². The molecule has 1 heterocycles. The summed E-state index contributed by atoms with van der Waals surface area (Å²) in [6.45, 7) is 3.18. The van der Waals surface area contributed by atoms with Crippen molar-refractivity contribution in [1.29, 1.82) is 0 Å². The fraction of sp³-hybridized carbons (Fsp3) is 0.900. The van der Waals surface area contributed by atoms with Crippen LogP contribution in [0.25, 0.3) is 0 Å². The molecule has 0 aromatic carbocycles. The first-order valence-electron chi connectivity index (χ1n) is 5.08. The van der Waals surface area contributed by atoms with Crippen molar-refractivity contribution in [3.63, 3.8) is 0 Å². The van der Waals surface area contributed by atoms with Gasteiger partial charge in [-0.25, -0.2) is 0 Å². The Kier molecular flexibility index (Phi) is 5.01. The highest BCUT2D eigenvalue weighted by molar-refractivity contribution is 5.78. The molecule has 76 valence electrons. The Bertz CT molecular complexity index is 150. The van der Waals surface area contributed by atoms with E-state index in [1.165, 1.54) is 6.42 Å². The first kappa shape index (κ1) is 10.7. The number of ether oxygens (including phenoxy) is 2. The maximum atomic E-state index is 10.9. The fourth-order valence-electron chi connectivity index (χ4n) is 1.32. The standard InChI is InChI=1S/C10H18O3/c1-2-9(11)6-8-13-10-5-3-4-7-12-10/h10H,2-8H2,1H3. The Morgan fingerprint density at radius 2 is 2.38 bits per heavy atom. The van der Waals surface area contributed by atoms with Gasteiger partial charge in [0.05, 0.1) is 6.61 Å². The summed E-state index contributed by atoms with van der Waals surface area (Å²) in [7, 11) is 0. The number of rotatable bonds is 5. The molecule has 1 saturated heterocycles. The second-order valence-corrected chi connectivity index (χ2v) is 3.31. The van der Waals surface area contributed by atoms with Gasteiger partial charge in [-0.05, 0) is 19.3 Å². The maximum Gasteiger partial charge on any atom is 0.157 e. The summed E-state index contributed by atoms with van der Waals surface area (Å²) in [4.78, 5) is 10.9. The van der Waals surface area contributed by atoms with E-state index in [4.69, 9.17) is 9.47 Å². The summed E-state index contributed by atoms with van der Waals surface area (Å²) < 4.78 is 10.8. The first-order chi connectivity index (χ1) is 6.33. The van der Waals surface area contributed by atoms with Gasteiger partial charge in [-0.2, -0.15) is 0 Å². The highest BCUT2D eigenvalue weighted by Crippen LogP contribution is 2.13. The molecule has 1 aliphatic heterocycles. The van der Waals surface area contributed by atoms with Gasteiger partial charge in [0.2, 0.25) is 0 Å². The monoisotopic (exact) mass is 186 g/mol. The average Bonchev–Trinajstić information content (AvgIpc) is 2.19. The molecule has 0 saturated carbocycles. The number of carbonyl (C=O) groups is 1. The molecule has 0 spiro atoms. The molecule has 3 nitrogen and oxygen atoms in total. The van der Waals surface area contributed by atoms with Crippen LogP contribution in [0.5, 0.6) is 0 Å². The molecule has 13 heavy (non-hydrogen) atoms. The van der Waals surface area contributed by atoms with Gasteiger partial charge in [0, 0.05) is 19.4 Å². The van der Waals surface area contributed by atoms with Crippen molar-refractivity contribution in [2.45, 2.75) is 45.3 Å². The minimum atomic E-state index is -0.0570. The van der Waals surface area contributed by atoms with Crippen LogP contribution in [-0.4, -0.2) is 25.3 Å². The molecular weight excluding hydrogens is 168 g/mol. The van der Waals surface area contributed by atoms with Crippen LogP contribution in [0.2, 0.25) is 0 Å². The minimum Gasteiger partial charge on any atom is -0.353 e. The van der Waals surface area contributed by atoms with E-state index in [-0.39, 0.29) is 12.1 Å². The zero-order valence-corrected chi connectivity index (χ0v) is 8.25. The zero-order chi connectivity index (χ0) is 9.52. The van der Waals surface area contributed by atoms with Crippen LogP contribution < -0.4 is 0 Å². The van der Waals surface area contributed by atoms with Crippen molar-refractivity contribution in [2.75, 3.05) is 13.2 Å². The van der Waals surface area contributed by atoms with Crippen LogP contribution in [0.3, 0.4) is 0 Å². The van der Waals surface area contributed by atoms with Crippen molar-refractivity contribution in [1.82, 2.24) is 0 Å². The number of Topliss-reactive ketones (excluding diaryl/α,β-unsaturated/α-hetero) is 1. The Morgan fingerprint density at radius 3 is 3.00 bits per heavy atom. The summed E-state index contributed by atoms with van der Waals surface area (Å²) in [5.41, 5.74) is 0. The third-order valence-electron chi connectivity index (χ3n) is 2.22. The lowest BCUT2D eigenvalue weighted by molar-refractivity contribution is -0.164. The lowest BCUT2D eigenvalue weighted by Crippen LogP contribution is -2.23. The largest absolute Gasteiger partial charge is 0.353 e. The van der Waals surface area contributed by atoms with Crippen LogP contribution in [0, 0.1) is 0 Å². The molecule has 0 N–H and O–H groups in total. The van der Waals surface area contributed by atoms with Crippen molar-refractivity contribution in [3.8, 4) is 0 Å². The molecule has 0 aliphatic carbocycles. The van der Waals surface area contributed by atoms with Gasteiger partial charge in [-0.3, -0.25) is 4.79 Å². The topological polar surface area (TPSA) is 35.5 Å². The van der Waals surface area contributed by atoms with Gasteiger partial charge in [0.1, 0.15) is 5.78 Å². The highest BCUT2D eigenvalue weighted by Gasteiger charge is 2.13. The van der Waals surface area contributed by atoms with E-state index in [2.05, 4.69) is 0 Å². The predicted octanol–water partition coefficient (Wildman–Crippen LogP) is 1.90. The summed E-state index contributed by atoms with van der Waals surface area (Å²) >= 11 is 0. The van der Waals surface area contributed by atoms with Gasteiger partial charge >= 0.3 is 0 Å². The van der Waals surface area contributed by atoms with Crippen LogP contribution >= 0.6 is 0 Å². The molecule has 0 aromatic rings. The Hall–Kier alpha value is -0.410. The molecule has 1 fully saturated rings. The van der Waals surface area contributed by atoms with Gasteiger partial charge in [-0.15, -0.1) is 0 Å². The normalized spacial score (nSPS) is 23.0. The third kappa shape index (κ3) is 4.39. The predicted molar refractivity (Wildman–Crippen MR) is 49.5 cm³/mol. The number of ketones is 1.